The quantitative estimate of drug-likeness (QED) is 0.192. The van der Waals surface area contributed by atoms with Crippen molar-refractivity contribution in [3.63, 3.8) is 0 Å². The first-order chi connectivity index (χ1) is 16.5. The van der Waals surface area contributed by atoms with Crippen LogP contribution in [0.4, 0.5) is 0 Å². The summed E-state index contributed by atoms with van der Waals surface area (Å²) in [5.41, 5.74) is 12.0. The molecule has 5 aromatic rings. The third kappa shape index (κ3) is 5.45. The third-order valence-corrected chi connectivity index (χ3v) is 5.86. The fourth-order valence-electron chi connectivity index (χ4n) is 4.41. The molecule has 0 bridgehead atoms. The van der Waals surface area contributed by atoms with Crippen LogP contribution in [0.5, 0.6) is 0 Å². The number of hydrogen-bond donors (Lipinski definition) is 0. The van der Waals surface area contributed by atoms with Gasteiger partial charge in [0.05, 0.1) is 0 Å². The van der Waals surface area contributed by atoms with Gasteiger partial charge in [0.2, 0.25) is 0 Å². The van der Waals surface area contributed by atoms with Crippen molar-refractivity contribution in [2.45, 2.75) is 27.7 Å². The molecule has 0 N–H and O–H groups in total. The van der Waals surface area contributed by atoms with Crippen LogP contribution in [0.2, 0.25) is 0 Å². The Kier molecular flexibility index (Phi) is 7.35. The molecule has 4 heteroatoms. The Bertz CT molecular complexity index is 1430. The van der Waals surface area contributed by atoms with E-state index in [1.807, 2.05) is 38.2 Å². The topological polar surface area (TPSA) is 38.7 Å². The summed E-state index contributed by atoms with van der Waals surface area (Å²) < 4.78 is 0. The largest absolute Gasteiger partial charge is 0.304 e. The zero-order chi connectivity index (χ0) is 23.7. The van der Waals surface area contributed by atoms with Gasteiger partial charge in [-0.1, -0.05) is 76.9 Å². The van der Waals surface area contributed by atoms with E-state index in [0.717, 1.165) is 33.8 Å². The molecule has 0 saturated heterocycles. The van der Waals surface area contributed by atoms with Gasteiger partial charge in [0.25, 0.3) is 0 Å². The van der Waals surface area contributed by atoms with Crippen molar-refractivity contribution in [2.24, 2.45) is 0 Å². The van der Waals surface area contributed by atoms with E-state index in [9.17, 15) is 0 Å². The van der Waals surface area contributed by atoms with Crippen molar-refractivity contribution < 1.29 is 20.1 Å². The van der Waals surface area contributed by atoms with Crippen LogP contribution in [0.1, 0.15) is 22.5 Å². The van der Waals surface area contributed by atoms with Crippen molar-refractivity contribution in [2.75, 3.05) is 0 Å². The number of rotatable bonds is 4. The Morgan fingerprint density at radius 2 is 1.26 bits per heavy atom. The third-order valence-electron chi connectivity index (χ3n) is 5.86. The first-order valence-corrected chi connectivity index (χ1v) is 11.5. The molecule has 2 aromatic heterocycles. The van der Waals surface area contributed by atoms with Gasteiger partial charge in [-0.3, -0.25) is 0 Å². The second-order valence-electron chi connectivity index (χ2n) is 8.82. The van der Waals surface area contributed by atoms with Crippen LogP contribution in [0.25, 0.3) is 44.9 Å². The zero-order valence-corrected chi connectivity index (χ0v) is 22.7. The van der Waals surface area contributed by atoms with E-state index in [2.05, 4.69) is 95.5 Å². The van der Waals surface area contributed by atoms with Crippen LogP contribution in [0, 0.1) is 33.8 Å². The number of pyridine rings is 1. The molecule has 3 aromatic carbocycles. The standard InChI is InChI=1S/C31H26N3.Ir/c1-20-15-21(2)17-27(16-20)29-8-6-5-7-28(29)24-9-11-25(12-10-24)30-14-13-26(19-32-30)31-33-22(3)18-23(4)34-31;/h5-11,13-19H,1-4H3;/q-1;. The summed E-state index contributed by atoms with van der Waals surface area (Å²) in [6, 6.07) is 31.0. The van der Waals surface area contributed by atoms with Crippen LogP contribution in [0.3, 0.4) is 0 Å². The first kappa shape index (κ1) is 24.7. The van der Waals surface area contributed by atoms with E-state index in [0.29, 0.717) is 5.82 Å². The van der Waals surface area contributed by atoms with Crippen molar-refractivity contribution in [1.82, 2.24) is 15.0 Å². The minimum atomic E-state index is 0. The minimum absolute atomic E-state index is 0. The molecule has 5 rings (SSSR count). The Balaban J connectivity index is 0.00000289. The first-order valence-electron chi connectivity index (χ1n) is 11.5. The smallest absolute Gasteiger partial charge is 0.161 e. The van der Waals surface area contributed by atoms with Gasteiger partial charge in [0.15, 0.2) is 5.82 Å². The molecule has 2 heterocycles. The summed E-state index contributed by atoms with van der Waals surface area (Å²) in [5, 5.41) is 0. The number of aryl methyl sites for hydroxylation is 4. The number of benzene rings is 3. The van der Waals surface area contributed by atoms with E-state index in [1.165, 1.54) is 27.8 Å². The van der Waals surface area contributed by atoms with Gasteiger partial charge in [0, 0.05) is 43.3 Å². The molecular formula is C31H26IrN3-. The van der Waals surface area contributed by atoms with Gasteiger partial charge >= 0.3 is 0 Å². The molecular weight excluding hydrogens is 607 g/mol. The summed E-state index contributed by atoms with van der Waals surface area (Å²) >= 11 is 0. The summed E-state index contributed by atoms with van der Waals surface area (Å²) in [6.07, 6.45) is 1.83. The molecule has 1 radical (unpaired) electrons. The van der Waals surface area contributed by atoms with Gasteiger partial charge in [-0.05, 0) is 50.6 Å². The van der Waals surface area contributed by atoms with Gasteiger partial charge in [-0.2, -0.15) is 0 Å². The average molecular weight is 633 g/mol. The summed E-state index contributed by atoms with van der Waals surface area (Å²) in [5.74, 6) is 0.707. The van der Waals surface area contributed by atoms with E-state index in [1.54, 1.807) is 0 Å². The molecule has 0 atom stereocenters. The van der Waals surface area contributed by atoms with E-state index in [-0.39, 0.29) is 20.1 Å². The fraction of sp³-hybridized carbons (Fsp3) is 0.129. The minimum Gasteiger partial charge on any atom is -0.304 e. The molecule has 0 amide bonds. The molecule has 0 unspecified atom stereocenters. The summed E-state index contributed by atoms with van der Waals surface area (Å²) in [4.78, 5) is 13.7. The Labute approximate surface area is 220 Å². The van der Waals surface area contributed by atoms with Crippen LogP contribution >= 0.6 is 0 Å². The predicted octanol–water partition coefficient (Wildman–Crippen LogP) is 7.57. The van der Waals surface area contributed by atoms with Crippen molar-refractivity contribution in [1.29, 1.82) is 0 Å². The van der Waals surface area contributed by atoms with E-state index >= 15 is 0 Å². The number of hydrogen-bond acceptors (Lipinski definition) is 3. The van der Waals surface area contributed by atoms with E-state index < -0.39 is 0 Å². The van der Waals surface area contributed by atoms with Gasteiger partial charge < -0.3 is 4.98 Å². The van der Waals surface area contributed by atoms with Gasteiger partial charge in [-0.15, -0.1) is 29.8 Å². The number of aromatic nitrogens is 3. The Hall–Kier alpha value is -3.46. The summed E-state index contributed by atoms with van der Waals surface area (Å²) in [6.45, 7) is 8.25. The van der Waals surface area contributed by atoms with Crippen molar-refractivity contribution in [3.8, 4) is 44.9 Å². The average Bonchev–Trinajstić information content (AvgIpc) is 2.83. The Morgan fingerprint density at radius 1 is 0.629 bits per heavy atom. The van der Waals surface area contributed by atoms with Crippen LogP contribution < -0.4 is 0 Å². The SMILES string of the molecule is Cc1cc(C)cc(-c2ccccc2-c2c[c-]c(-c3ccc(-c4nc(C)cc(C)n4)cn3)cc2)c1.[Ir]. The molecule has 0 aliphatic rings. The maximum Gasteiger partial charge on any atom is 0.161 e. The summed E-state index contributed by atoms with van der Waals surface area (Å²) in [7, 11) is 0. The molecule has 3 nitrogen and oxygen atoms in total. The van der Waals surface area contributed by atoms with Crippen LogP contribution in [-0.4, -0.2) is 15.0 Å². The van der Waals surface area contributed by atoms with Crippen molar-refractivity contribution in [3.05, 3.63) is 114 Å². The predicted molar refractivity (Wildman–Crippen MR) is 139 cm³/mol. The van der Waals surface area contributed by atoms with Crippen LogP contribution in [-0.2, 0) is 20.1 Å². The zero-order valence-electron chi connectivity index (χ0n) is 20.3. The molecule has 35 heavy (non-hydrogen) atoms. The van der Waals surface area contributed by atoms with E-state index in [4.69, 9.17) is 0 Å². The molecule has 0 aliphatic carbocycles. The van der Waals surface area contributed by atoms with Crippen LogP contribution in [0.15, 0.2) is 85.1 Å². The maximum atomic E-state index is 4.66. The normalized spacial score (nSPS) is 10.6. The Morgan fingerprint density at radius 3 is 1.83 bits per heavy atom. The molecule has 0 fully saturated rings. The second kappa shape index (κ2) is 10.4. The molecule has 0 saturated carbocycles. The van der Waals surface area contributed by atoms with Crippen molar-refractivity contribution >= 4 is 0 Å². The molecule has 175 valence electrons. The fourth-order valence-corrected chi connectivity index (χ4v) is 4.41. The molecule has 0 aliphatic heterocycles. The number of nitrogens with zero attached hydrogens (tertiary/aromatic N) is 3. The maximum absolute atomic E-state index is 4.66. The second-order valence-corrected chi connectivity index (χ2v) is 8.82. The van der Waals surface area contributed by atoms with Gasteiger partial charge in [0.1, 0.15) is 0 Å². The van der Waals surface area contributed by atoms with Gasteiger partial charge in [-0.25, -0.2) is 9.97 Å². The molecule has 0 spiro atoms. The monoisotopic (exact) mass is 633 g/mol.